The van der Waals surface area contributed by atoms with Crippen molar-refractivity contribution in [1.29, 1.82) is 0 Å². The maximum atomic E-state index is 12.0. The third kappa shape index (κ3) is 9.38. The maximum Gasteiger partial charge on any atom is 0.337 e. The molecule has 2 N–H and O–H groups in total. The van der Waals surface area contributed by atoms with Gasteiger partial charge in [0.25, 0.3) is 0 Å². The number of nitrogens with zero attached hydrogens (tertiary/aromatic N) is 4. The second kappa shape index (κ2) is 14.3. The number of carboxylic acid groups (broad SMARTS) is 2. The van der Waals surface area contributed by atoms with Gasteiger partial charge in [-0.15, -0.1) is 0 Å². The van der Waals surface area contributed by atoms with E-state index in [0.29, 0.717) is 0 Å². The van der Waals surface area contributed by atoms with Crippen LogP contribution in [0.2, 0.25) is 0 Å². The second-order valence-electron chi connectivity index (χ2n) is 11.8. The Balaban J connectivity index is 0.000000293. The van der Waals surface area contributed by atoms with Gasteiger partial charge in [0.05, 0.1) is 22.5 Å². The summed E-state index contributed by atoms with van der Waals surface area (Å²) in [5, 5.41) is 33.3. The third-order valence-corrected chi connectivity index (χ3v) is 6.66. The second-order valence-corrected chi connectivity index (χ2v) is 11.8. The molecule has 2 aliphatic rings. The molecular weight excluding hydrogens is 603 g/mol. The Morgan fingerprint density at radius 2 is 0.884 bits per heavy atom. The molecule has 1 radical (unpaired) electrons. The molecule has 13 heteroatoms. The van der Waals surface area contributed by atoms with Crippen molar-refractivity contribution >= 4 is 46.4 Å². The maximum absolute atomic E-state index is 12.0. The minimum atomic E-state index is -1.13. The number of carbonyl (C=O) groups is 6. The van der Waals surface area contributed by atoms with E-state index in [1.54, 1.807) is 24.3 Å². The van der Waals surface area contributed by atoms with Gasteiger partial charge in [0.15, 0.2) is 35.2 Å². The quantitative estimate of drug-likeness (QED) is 0.303. The molecule has 0 aromatic heterocycles. The van der Waals surface area contributed by atoms with Crippen molar-refractivity contribution in [3.8, 4) is 0 Å². The molecule has 0 unspecified atom stereocenters. The number of hydrogen-bond donors (Lipinski definition) is 2. The van der Waals surface area contributed by atoms with Crippen LogP contribution in [0, 0.1) is 10.8 Å². The van der Waals surface area contributed by atoms with Gasteiger partial charge in [0.1, 0.15) is 0 Å². The van der Waals surface area contributed by atoms with Gasteiger partial charge in [-0.1, -0.05) is 52.0 Å². The number of hydrogen-bond acceptors (Lipinski definition) is 10. The fraction of sp³-hybridized carbons (Fsp3) is 0.400. The molecule has 0 amide bonds. The predicted molar refractivity (Wildman–Crippen MR) is 149 cm³/mol. The SMILES string of the molecule is CC1(C)CC(=O)C(N=Nc2ccccc2C(=O)O)C(=O)C1.CC1(C)CC(=O)C(N=Nc2ccccc2C(=O)O)C(=O)C1.[Co]. The zero-order valence-corrected chi connectivity index (χ0v) is 25.1. The van der Waals surface area contributed by atoms with E-state index in [-0.39, 0.29) is 98.9 Å². The molecule has 0 bridgehead atoms. The third-order valence-electron chi connectivity index (χ3n) is 6.66. The zero-order valence-electron chi connectivity index (χ0n) is 24.1. The van der Waals surface area contributed by atoms with E-state index >= 15 is 0 Å². The van der Waals surface area contributed by atoms with E-state index < -0.39 is 24.0 Å². The van der Waals surface area contributed by atoms with Gasteiger partial charge in [-0.2, -0.15) is 20.5 Å². The standard InChI is InChI=1S/2C15H16N2O4.Co/c2*1-15(2)7-11(18)13(12(19)8-15)17-16-10-6-4-3-5-9(10)14(20)21;/h2*3-6,13H,7-8H2,1-2H3,(H,20,21);. The van der Waals surface area contributed by atoms with Crippen molar-refractivity contribution in [3.05, 3.63) is 59.7 Å². The number of aromatic carboxylic acids is 2. The molecule has 0 spiro atoms. The van der Waals surface area contributed by atoms with Crippen LogP contribution in [-0.2, 0) is 36.0 Å². The van der Waals surface area contributed by atoms with E-state index in [2.05, 4.69) is 20.5 Å². The Hall–Kier alpha value is -4.23. The van der Waals surface area contributed by atoms with Crippen LogP contribution in [0.15, 0.2) is 69.0 Å². The normalized spacial score (nSPS) is 18.7. The Kier molecular flexibility index (Phi) is 11.6. The molecule has 2 saturated carbocycles. The largest absolute Gasteiger partial charge is 0.478 e. The Labute approximate surface area is 258 Å². The monoisotopic (exact) mass is 635 g/mol. The van der Waals surface area contributed by atoms with Crippen molar-refractivity contribution in [2.45, 2.75) is 65.5 Å². The molecule has 12 nitrogen and oxygen atoms in total. The van der Waals surface area contributed by atoms with Gasteiger partial charge < -0.3 is 10.2 Å². The number of Topliss-reactive ketones (excluding diaryl/α,β-unsaturated/α-hetero) is 4. The molecule has 0 heterocycles. The van der Waals surface area contributed by atoms with E-state index in [9.17, 15) is 28.8 Å². The number of benzene rings is 2. The summed E-state index contributed by atoms with van der Waals surface area (Å²) in [5.74, 6) is -3.35. The summed E-state index contributed by atoms with van der Waals surface area (Å²) >= 11 is 0. The molecule has 229 valence electrons. The zero-order chi connectivity index (χ0) is 31.2. The van der Waals surface area contributed by atoms with Gasteiger partial charge in [-0.05, 0) is 35.1 Å². The molecule has 4 rings (SSSR count). The summed E-state index contributed by atoms with van der Waals surface area (Å²) in [4.78, 5) is 70.0. The van der Waals surface area contributed by atoms with Gasteiger partial charge in [0.2, 0.25) is 0 Å². The number of carboxylic acids is 2. The van der Waals surface area contributed by atoms with Crippen molar-refractivity contribution in [2.75, 3.05) is 0 Å². The average Bonchev–Trinajstić information content (AvgIpc) is 2.87. The Morgan fingerprint density at radius 1 is 0.605 bits per heavy atom. The molecule has 43 heavy (non-hydrogen) atoms. The van der Waals surface area contributed by atoms with Crippen molar-refractivity contribution in [1.82, 2.24) is 0 Å². The number of carbonyl (C=O) groups excluding carboxylic acids is 4. The summed E-state index contributed by atoms with van der Waals surface area (Å²) in [6, 6.07) is 9.91. The van der Waals surface area contributed by atoms with Crippen LogP contribution in [0.1, 0.15) is 74.1 Å². The van der Waals surface area contributed by atoms with Crippen LogP contribution in [0.25, 0.3) is 0 Å². The molecular formula is C30H32CoN4O8. The molecule has 0 aliphatic heterocycles. The van der Waals surface area contributed by atoms with E-state index in [0.717, 1.165) is 0 Å². The first kappa shape index (κ1) is 35.0. The van der Waals surface area contributed by atoms with Crippen LogP contribution in [0.3, 0.4) is 0 Å². The van der Waals surface area contributed by atoms with Gasteiger partial charge in [0, 0.05) is 42.5 Å². The van der Waals surface area contributed by atoms with Crippen molar-refractivity contribution in [2.24, 2.45) is 31.3 Å². The topological polar surface area (TPSA) is 192 Å². The first-order valence-electron chi connectivity index (χ1n) is 13.2. The molecule has 2 aromatic carbocycles. The molecule has 0 atom stereocenters. The van der Waals surface area contributed by atoms with E-state index in [1.165, 1.54) is 24.3 Å². The van der Waals surface area contributed by atoms with Gasteiger partial charge in [-0.3, -0.25) is 19.2 Å². The number of azo groups is 2. The predicted octanol–water partition coefficient (Wildman–Crippen LogP) is 5.59. The fourth-order valence-electron chi connectivity index (χ4n) is 4.74. The Bertz CT molecular complexity index is 1350. The number of rotatable bonds is 6. The van der Waals surface area contributed by atoms with Crippen molar-refractivity contribution < 1.29 is 55.8 Å². The summed E-state index contributed by atoms with van der Waals surface area (Å²) in [7, 11) is 0. The van der Waals surface area contributed by atoms with Crippen LogP contribution in [-0.4, -0.2) is 57.4 Å². The van der Waals surface area contributed by atoms with E-state index in [1.807, 2.05) is 27.7 Å². The van der Waals surface area contributed by atoms with Crippen LogP contribution in [0.4, 0.5) is 11.4 Å². The first-order valence-corrected chi connectivity index (χ1v) is 13.2. The summed E-state index contributed by atoms with van der Waals surface area (Å²) < 4.78 is 0. The minimum Gasteiger partial charge on any atom is -0.478 e. The molecule has 2 aromatic rings. The summed E-state index contributed by atoms with van der Waals surface area (Å²) in [6.45, 7) is 7.43. The van der Waals surface area contributed by atoms with Crippen LogP contribution in [0.5, 0.6) is 0 Å². The molecule has 2 aliphatic carbocycles. The number of ketones is 4. The van der Waals surface area contributed by atoms with Gasteiger partial charge >= 0.3 is 11.9 Å². The van der Waals surface area contributed by atoms with Gasteiger partial charge in [-0.25, -0.2) is 9.59 Å². The van der Waals surface area contributed by atoms with Crippen LogP contribution >= 0.6 is 0 Å². The first-order chi connectivity index (χ1) is 19.6. The smallest absolute Gasteiger partial charge is 0.337 e. The Morgan fingerprint density at radius 3 is 1.16 bits per heavy atom. The average molecular weight is 636 g/mol. The van der Waals surface area contributed by atoms with Crippen LogP contribution < -0.4 is 0 Å². The molecule has 0 saturated heterocycles. The summed E-state index contributed by atoms with van der Waals surface area (Å²) in [5.41, 5.74) is -0.460. The van der Waals surface area contributed by atoms with E-state index in [4.69, 9.17) is 10.2 Å². The van der Waals surface area contributed by atoms with Crippen molar-refractivity contribution in [3.63, 3.8) is 0 Å². The summed E-state index contributed by atoms with van der Waals surface area (Å²) in [6.07, 6.45) is 1.07. The minimum absolute atomic E-state index is 0. The molecule has 2 fully saturated rings. The fourth-order valence-corrected chi connectivity index (χ4v) is 4.74.